The first-order valence-corrected chi connectivity index (χ1v) is 5.13. The lowest BCUT2D eigenvalue weighted by atomic mass is 10.2. The third-order valence-electron chi connectivity index (χ3n) is 1.45. The van der Waals surface area contributed by atoms with E-state index in [1.807, 2.05) is 12.3 Å². The summed E-state index contributed by atoms with van der Waals surface area (Å²) in [4.78, 5) is 4.09. The Morgan fingerprint density at radius 3 is 2.82 bits per heavy atom. The van der Waals surface area contributed by atoms with Crippen LogP contribution in [0.25, 0.3) is 0 Å². The Hall–Kier alpha value is 0.110. The van der Waals surface area contributed by atoms with Gasteiger partial charge in [-0.25, -0.2) is 4.98 Å². The van der Waals surface area contributed by atoms with Crippen molar-refractivity contribution < 1.29 is 0 Å². The van der Waals surface area contributed by atoms with Crippen molar-refractivity contribution in [2.24, 2.45) is 0 Å². The topological polar surface area (TPSA) is 12.9 Å². The van der Waals surface area contributed by atoms with E-state index in [1.54, 1.807) is 0 Å². The SMILES string of the molecule is CCCc1ccnc(Br)c1Br. The van der Waals surface area contributed by atoms with Crippen LogP contribution in [0.2, 0.25) is 0 Å². The van der Waals surface area contributed by atoms with E-state index in [0.717, 1.165) is 21.9 Å². The van der Waals surface area contributed by atoms with Gasteiger partial charge < -0.3 is 0 Å². The first-order valence-electron chi connectivity index (χ1n) is 3.54. The van der Waals surface area contributed by atoms with Gasteiger partial charge in [-0.1, -0.05) is 13.3 Å². The number of aromatic nitrogens is 1. The summed E-state index contributed by atoms with van der Waals surface area (Å²) in [6.45, 7) is 2.17. The smallest absolute Gasteiger partial charge is 0.120 e. The average Bonchev–Trinajstić information content (AvgIpc) is 1.99. The van der Waals surface area contributed by atoms with Gasteiger partial charge >= 0.3 is 0 Å². The molecular weight excluding hydrogens is 270 g/mol. The van der Waals surface area contributed by atoms with Crippen molar-refractivity contribution >= 4 is 31.9 Å². The highest BCUT2D eigenvalue weighted by Gasteiger charge is 2.02. The molecule has 0 saturated carbocycles. The van der Waals surface area contributed by atoms with Crippen LogP contribution in [0.1, 0.15) is 18.9 Å². The Labute approximate surface area is 83.5 Å². The molecular formula is C8H9Br2N. The van der Waals surface area contributed by atoms with Gasteiger partial charge in [0, 0.05) is 6.20 Å². The second-order valence-electron chi connectivity index (χ2n) is 2.32. The summed E-state index contributed by atoms with van der Waals surface area (Å²) in [5.41, 5.74) is 1.31. The molecule has 1 nitrogen and oxygen atoms in total. The summed E-state index contributed by atoms with van der Waals surface area (Å²) in [7, 11) is 0. The standard InChI is InChI=1S/C8H9Br2N/c1-2-3-6-4-5-11-8(10)7(6)9/h4-5H,2-3H2,1H3. The molecule has 0 aliphatic rings. The minimum absolute atomic E-state index is 0.892. The van der Waals surface area contributed by atoms with Crippen LogP contribution in [0.15, 0.2) is 21.3 Å². The van der Waals surface area contributed by atoms with Crippen molar-refractivity contribution in [2.45, 2.75) is 19.8 Å². The second kappa shape index (κ2) is 4.21. The summed E-state index contributed by atoms with van der Waals surface area (Å²) in [5.74, 6) is 0. The van der Waals surface area contributed by atoms with E-state index in [2.05, 4.69) is 43.8 Å². The summed E-state index contributed by atoms with van der Waals surface area (Å²) in [5, 5.41) is 0. The van der Waals surface area contributed by atoms with Crippen molar-refractivity contribution in [2.75, 3.05) is 0 Å². The van der Waals surface area contributed by atoms with Gasteiger partial charge in [0.2, 0.25) is 0 Å². The molecule has 0 radical (unpaired) electrons. The van der Waals surface area contributed by atoms with Crippen molar-refractivity contribution in [3.8, 4) is 0 Å². The summed E-state index contributed by atoms with van der Waals surface area (Å²) >= 11 is 6.83. The van der Waals surface area contributed by atoms with Gasteiger partial charge in [0.05, 0.1) is 4.47 Å². The van der Waals surface area contributed by atoms with Gasteiger partial charge in [-0.15, -0.1) is 0 Å². The molecule has 0 aliphatic heterocycles. The van der Waals surface area contributed by atoms with Crippen LogP contribution in [0.5, 0.6) is 0 Å². The van der Waals surface area contributed by atoms with Gasteiger partial charge in [-0.2, -0.15) is 0 Å². The fourth-order valence-electron chi connectivity index (χ4n) is 0.917. The van der Waals surface area contributed by atoms with Crippen molar-refractivity contribution in [3.63, 3.8) is 0 Å². The summed E-state index contributed by atoms with van der Waals surface area (Å²) < 4.78 is 1.98. The lowest BCUT2D eigenvalue weighted by molar-refractivity contribution is 0.910. The van der Waals surface area contributed by atoms with Gasteiger partial charge in [-0.05, 0) is 49.9 Å². The molecule has 0 aromatic carbocycles. The Kier molecular flexibility index (Phi) is 3.52. The molecule has 1 heterocycles. The van der Waals surface area contributed by atoms with Gasteiger partial charge in [0.1, 0.15) is 4.60 Å². The van der Waals surface area contributed by atoms with E-state index >= 15 is 0 Å². The molecule has 3 heteroatoms. The van der Waals surface area contributed by atoms with E-state index in [0.29, 0.717) is 0 Å². The van der Waals surface area contributed by atoms with Crippen LogP contribution in [0.3, 0.4) is 0 Å². The number of aryl methyl sites for hydroxylation is 1. The van der Waals surface area contributed by atoms with Crippen molar-refractivity contribution in [3.05, 3.63) is 26.9 Å². The maximum absolute atomic E-state index is 4.09. The highest BCUT2D eigenvalue weighted by molar-refractivity contribution is 9.13. The number of halogens is 2. The molecule has 0 amide bonds. The van der Waals surface area contributed by atoms with Crippen molar-refractivity contribution in [1.82, 2.24) is 4.98 Å². The predicted molar refractivity (Wildman–Crippen MR) is 53.6 cm³/mol. The fourth-order valence-corrected chi connectivity index (χ4v) is 1.72. The first-order chi connectivity index (χ1) is 5.25. The number of nitrogens with zero attached hydrogens (tertiary/aromatic N) is 1. The first kappa shape index (κ1) is 9.20. The van der Waals surface area contributed by atoms with Crippen LogP contribution in [0, 0.1) is 0 Å². The van der Waals surface area contributed by atoms with Crippen LogP contribution in [0.4, 0.5) is 0 Å². The van der Waals surface area contributed by atoms with Crippen LogP contribution >= 0.6 is 31.9 Å². The van der Waals surface area contributed by atoms with Crippen molar-refractivity contribution in [1.29, 1.82) is 0 Å². The minimum atomic E-state index is 0.892. The van der Waals surface area contributed by atoms with E-state index < -0.39 is 0 Å². The highest BCUT2D eigenvalue weighted by Crippen LogP contribution is 2.24. The van der Waals surface area contributed by atoms with Crippen LogP contribution in [-0.4, -0.2) is 4.98 Å². The molecule has 1 aromatic rings. The third kappa shape index (κ3) is 2.27. The molecule has 1 aromatic heterocycles. The largest absolute Gasteiger partial charge is 0.248 e. The molecule has 0 spiro atoms. The molecule has 0 atom stereocenters. The molecule has 0 N–H and O–H groups in total. The predicted octanol–water partition coefficient (Wildman–Crippen LogP) is 3.56. The second-order valence-corrected chi connectivity index (χ2v) is 3.87. The van der Waals surface area contributed by atoms with Gasteiger partial charge in [0.25, 0.3) is 0 Å². The van der Waals surface area contributed by atoms with E-state index in [9.17, 15) is 0 Å². The molecule has 0 aliphatic carbocycles. The van der Waals surface area contributed by atoms with Gasteiger partial charge in [-0.3, -0.25) is 0 Å². The molecule has 11 heavy (non-hydrogen) atoms. The molecule has 1 rings (SSSR count). The van der Waals surface area contributed by atoms with Crippen LogP contribution < -0.4 is 0 Å². The number of hydrogen-bond donors (Lipinski definition) is 0. The average molecular weight is 279 g/mol. The minimum Gasteiger partial charge on any atom is -0.248 e. The Balaban J connectivity index is 2.96. The third-order valence-corrected chi connectivity index (χ3v) is 3.46. The van der Waals surface area contributed by atoms with Gasteiger partial charge in [0.15, 0.2) is 0 Å². The molecule has 60 valence electrons. The Morgan fingerprint density at radius 1 is 1.45 bits per heavy atom. The summed E-state index contributed by atoms with van der Waals surface area (Å²) in [6.07, 6.45) is 4.08. The zero-order chi connectivity index (χ0) is 8.27. The fraction of sp³-hybridized carbons (Fsp3) is 0.375. The lowest BCUT2D eigenvalue weighted by Crippen LogP contribution is -1.87. The number of hydrogen-bond acceptors (Lipinski definition) is 1. The number of pyridine rings is 1. The van der Waals surface area contributed by atoms with E-state index in [1.165, 1.54) is 5.56 Å². The van der Waals surface area contributed by atoms with E-state index in [-0.39, 0.29) is 0 Å². The molecule has 0 saturated heterocycles. The highest BCUT2D eigenvalue weighted by atomic mass is 79.9. The summed E-state index contributed by atoms with van der Waals surface area (Å²) in [6, 6.07) is 2.04. The zero-order valence-electron chi connectivity index (χ0n) is 6.27. The maximum atomic E-state index is 4.09. The monoisotopic (exact) mass is 277 g/mol. The molecule has 0 bridgehead atoms. The molecule has 0 unspecified atom stereocenters. The lowest BCUT2D eigenvalue weighted by Gasteiger charge is -2.02. The Morgan fingerprint density at radius 2 is 2.18 bits per heavy atom. The van der Waals surface area contributed by atoms with E-state index in [4.69, 9.17) is 0 Å². The van der Waals surface area contributed by atoms with Crippen LogP contribution in [-0.2, 0) is 6.42 Å². The molecule has 0 fully saturated rings. The number of rotatable bonds is 2. The quantitative estimate of drug-likeness (QED) is 0.754. The normalized spacial score (nSPS) is 10.1. The Bertz CT molecular complexity index is 248. The maximum Gasteiger partial charge on any atom is 0.120 e. The zero-order valence-corrected chi connectivity index (χ0v) is 9.44.